The summed E-state index contributed by atoms with van der Waals surface area (Å²) in [6.07, 6.45) is 0. The summed E-state index contributed by atoms with van der Waals surface area (Å²) in [7, 11) is 0. The molecule has 4 heteroatoms. The lowest BCUT2D eigenvalue weighted by Gasteiger charge is -2.23. The topological polar surface area (TPSA) is 49.3 Å². The number of rotatable bonds is 3. The van der Waals surface area contributed by atoms with E-state index in [1.165, 1.54) is 0 Å². The van der Waals surface area contributed by atoms with Gasteiger partial charge in [0.05, 0.1) is 22.7 Å². The third kappa shape index (κ3) is 3.22. The third-order valence-electron chi connectivity index (χ3n) is 1.97. The minimum atomic E-state index is -0.643. The predicted octanol–water partition coefficient (Wildman–Crippen LogP) is 1.84. The number of nitrogens with one attached hydrogen (secondary N) is 1. The number of halogens is 1. The van der Waals surface area contributed by atoms with E-state index in [-0.39, 0.29) is 12.5 Å². The van der Waals surface area contributed by atoms with Crippen LogP contribution in [0.15, 0.2) is 24.3 Å². The molecule has 0 radical (unpaired) electrons. The summed E-state index contributed by atoms with van der Waals surface area (Å²) < 4.78 is 0. The van der Waals surface area contributed by atoms with Gasteiger partial charge in [-0.1, -0.05) is 23.7 Å². The Balaban J connectivity index is 2.83. The fraction of sp³-hybridized carbons (Fsp3) is 0.364. The average Bonchev–Trinajstić information content (AvgIpc) is 2.17. The van der Waals surface area contributed by atoms with Gasteiger partial charge in [0.1, 0.15) is 0 Å². The maximum Gasteiger partial charge on any atom is 0.253 e. The molecule has 0 spiro atoms. The Morgan fingerprint density at radius 3 is 2.60 bits per heavy atom. The molecule has 0 saturated carbocycles. The van der Waals surface area contributed by atoms with Crippen molar-refractivity contribution in [3.8, 4) is 0 Å². The fourth-order valence-electron chi connectivity index (χ4n) is 1.06. The molecule has 0 saturated heterocycles. The third-order valence-corrected chi connectivity index (χ3v) is 2.30. The Hall–Kier alpha value is -1.06. The lowest BCUT2D eigenvalue weighted by atomic mass is 10.1. The smallest absolute Gasteiger partial charge is 0.253 e. The van der Waals surface area contributed by atoms with Crippen molar-refractivity contribution in [1.29, 1.82) is 0 Å². The minimum Gasteiger partial charge on any atom is -0.394 e. The van der Waals surface area contributed by atoms with Crippen LogP contribution in [-0.4, -0.2) is 23.2 Å². The first-order valence-electron chi connectivity index (χ1n) is 4.64. The minimum absolute atomic E-state index is 0.122. The van der Waals surface area contributed by atoms with Crippen LogP contribution in [0.4, 0.5) is 0 Å². The van der Waals surface area contributed by atoms with Crippen molar-refractivity contribution in [2.45, 2.75) is 19.4 Å². The van der Waals surface area contributed by atoms with Crippen molar-refractivity contribution < 1.29 is 9.90 Å². The largest absolute Gasteiger partial charge is 0.394 e. The molecule has 0 bridgehead atoms. The molecule has 0 unspecified atom stereocenters. The number of amides is 1. The van der Waals surface area contributed by atoms with Crippen molar-refractivity contribution in [2.75, 3.05) is 6.61 Å². The van der Waals surface area contributed by atoms with Gasteiger partial charge in [0.2, 0.25) is 0 Å². The van der Waals surface area contributed by atoms with E-state index < -0.39 is 5.54 Å². The molecule has 82 valence electrons. The molecule has 0 aliphatic rings. The molecule has 0 heterocycles. The molecular formula is C11H14ClNO2. The number of hydrogen-bond donors (Lipinski definition) is 2. The number of benzene rings is 1. The lowest BCUT2D eigenvalue weighted by molar-refractivity contribution is 0.0869. The van der Waals surface area contributed by atoms with Crippen molar-refractivity contribution >= 4 is 17.5 Å². The van der Waals surface area contributed by atoms with Crippen LogP contribution in [0.1, 0.15) is 24.2 Å². The monoisotopic (exact) mass is 227 g/mol. The van der Waals surface area contributed by atoms with Crippen molar-refractivity contribution in [3.63, 3.8) is 0 Å². The number of aliphatic hydroxyl groups is 1. The van der Waals surface area contributed by atoms with Crippen molar-refractivity contribution in [3.05, 3.63) is 34.9 Å². The molecule has 0 aromatic heterocycles. The molecule has 1 aromatic carbocycles. The lowest BCUT2D eigenvalue weighted by Crippen LogP contribution is -2.46. The molecule has 2 N–H and O–H groups in total. The highest BCUT2D eigenvalue weighted by atomic mass is 35.5. The highest BCUT2D eigenvalue weighted by Gasteiger charge is 2.20. The SMILES string of the molecule is CC(C)(CO)NC(=O)c1ccccc1Cl. The van der Waals surface area contributed by atoms with E-state index >= 15 is 0 Å². The zero-order chi connectivity index (χ0) is 11.5. The normalized spacial score (nSPS) is 11.2. The van der Waals surface area contributed by atoms with Crippen molar-refractivity contribution in [1.82, 2.24) is 5.32 Å². The Kier molecular flexibility index (Phi) is 3.72. The van der Waals surface area contributed by atoms with Crippen LogP contribution >= 0.6 is 11.6 Å². The Morgan fingerprint density at radius 1 is 1.47 bits per heavy atom. The van der Waals surface area contributed by atoms with Crippen LogP contribution < -0.4 is 5.32 Å². The van der Waals surface area contributed by atoms with Gasteiger partial charge >= 0.3 is 0 Å². The van der Waals surface area contributed by atoms with Crippen LogP contribution in [-0.2, 0) is 0 Å². The molecular weight excluding hydrogens is 214 g/mol. The van der Waals surface area contributed by atoms with Crippen molar-refractivity contribution in [2.24, 2.45) is 0 Å². The summed E-state index contributed by atoms with van der Waals surface area (Å²) in [4.78, 5) is 11.7. The van der Waals surface area contributed by atoms with Gasteiger partial charge in [-0.2, -0.15) is 0 Å². The highest BCUT2D eigenvalue weighted by molar-refractivity contribution is 6.33. The second kappa shape index (κ2) is 4.64. The van der Waals surface area contributed by atoms with Gasteiger partial charge in [0, 0.05) is 0 Å². The van der Waals surface area contributed by atoms with E-state index in [9.17, 15) is 4.79 Å². The molecule has 0 atom stereocenters. The zero-order valence-corrected chi connectivity index (χ0v) is 9.51. The second-order valence-corrected chi connectivity index (χ2v) is 4.38. The van der Waals surface area contributed by atoms with Crippen LogP contribution in [0.5, 0.6) is 0 Å². The summed E-state index contributed by atoms with van der Waals surface area (Å²) in [5.74, 6) is -0.278. The van der Waals surface area contributed by atoms with E-state index in [2.05, 4.69) is 5.32 Å². The first kappa shape index (κ1) is 12.0. The van der Waals surface area contributed by atoms with E-state index in [1.54, 1.807) is 38.1 Å². The summed E-state index contributed by atoms with van der Waals surface area (Å²) in [6.45, 7) is 3.35. The summed E-state index contributed by atoms with van der Waals surface area (Å²) >= 11 is 5.87. The van der Waals surface area contributed by atoms with E-state index in [0.29, 0.717) is 10.6 Å². The van der Waals surface area contributed by atoms with E-state index in [0.717, 1.165) is 0 Å². The van der Waals surface area contributed by atoms with Gasteiger partial charge < -0.3 is 10.4 Å². The van der Waals surface area contributed by atoms with Gasteiger partial charge in [-0.05, 0) is 26.0 Å². The van der Waals surface area contributed by atoms with Gasteiger partial charge in [-0.15, -0.1) is 0 Å². The molecule has 0 aliphatic carbocycles. The van der Waals surface area contributed by atoms with Gasteiger partial charge in [0.25, 0.3) is 5.91 Å². The first-order valence-corrected chi connectivity index (χ1v) is 5.02. The van der Waals surface area contributed by atoms with Crippen LogP contribution in [0.2, 0.25) is 5.02 Å². The molecule has 0 fully saturated rings. The average molecular weight is 228 g/mol. The maximum absolute atomic E-state index is 11.7. The summed E-state index contributed by atoms with van der Waals surface area (Å²) in [5.41, 5.74) is -0.225. The second-order valence-electron chi connectivity index (χ2n) is 3.98. The molecule has 0 aliphatic heterocycles. The van der Waals surface area contributed by atoms with Crippen LogP contribution in [0.3, 0.4) is 0 Å². The summed E-state index contributed by atoms with van der Waals surface area (Å²) in [5, 5.41) is 12.1. The number of hydrogen-bond acceptors (Lipinski definition) is 2. The van der Waals surface area contributed by atoms with E-state index in [4.69, 9.17) is 16.7 Å². The molecule has 15 heavy (non-hydrogen) atoms. The Bertz CT molecular complexity index is 363. The quantitative estimate of drug-likeness (QED) is 0.828. The van der Waals surface area contributed by atoms with Gasteiger partial charge in [0.15, 0.2) is 0 Å². The Morgan fingerprint density at radius 2 is 2.07 bits per heavy atom. The molecule has 1 amide bonds. The molecule has 1 aromatic rings. The van der Waals surface area contributed by atoms with E-state index in [1.807, 2.05) is 0 Å². The Labute approximate surface area is 94.1 Å². The highest BCUT2D eigenvalue weighted by Crippen LogP contribution is 2.15. The maximum atomic E-state index is 11.7. The molecule has 3 nitrogen and oxygen atoms in total. The molecule has 1 rings (SSSR count). The predicted molar refractivity (Wildman–Crippen MR) is 60.1 cm³/mol. The first-order chi connectivity index (χ1) is 6.96. The summed E-state index contributed by atoms with van der Waals surface area (Å²) in [6, 6.07) is 6.80. The fourth-order valence-corrected chi connectivity index (χ4v) is 1.28. The number of carbonyl (C=O) groups excluding carboxylic acids is 1. The number of aliphatic hydroxyl groups excluding tert-OH is 1. The van der Waals surface area contributed by atoms with Crippen LogP contribution in [0.25, 0.3) is 0 Å². The van der Waals surface area contributed by atoms with Gasteiger partial charge in [-0.3, -0.25) is 4.79 Å². The zero-order valence-electron chi connectivity index (χ0n) is 8.75. The van der Waals surface area contributed by atoms with Gasteiger partial charge in [-0.25, -0.2) is 0 Å². The number of carbonyl (C=O) groups is 1. The van der Waals surface area contributed by atoms with Crippen LogP contribution in [0, 0.1) is 0 Å². The standard InChI is InChI=1S/C11H14ClNO2/c1-11(2,7-14)13-10(15)8-5-3-4-6-9(8)12/h3-6,14H,7H2,1-2H3,(H,13,15).